The van der Waals surface area contributed by atoms with E-state index in [-0.39, 0.29) is 0 Å². The van der Waals surface area contributed by atoms with Crippen LogP contribution in [0, 0.1) is 11.8 Å². The average molecular weight is 273 g/mol. The van der Waals surface area contributed by atoms with E-state index in [4.69, 9.17) is 4.74 Å². The highest BCUT2D eigenvalue weighted by molar-refractivity contribution is 5.39. The Morgan fingerprint density at radius 1 is 1.20 bits per heavy atom. The van der Waals surface area contributed by atoms with E-state index in [9.17, 15) is 0 Å². The third-order valence-electron chi connectivity index (χ3n) is 5.09. The van der Waals surface area contributed by atoms with Crippen LogP contribution in [0.5, 0.6) is 5.75 Å². The summed E-state index contributed by atoms with van der Waals surface area (Å²) in [5, 5.41) is 3.38. The molecule has 2 nitrogen and oxygen atoms in total. The maximum atomic E-state index is 5.59. The van der Waals surface area contributed by atoms with Crippen LogP contribution < -0.4 is 10.1 Å². The summed E-state index contributed by atoms with van der Waals surface area (Å²) in [5.74, 6) is 2.92. The minimum absolute atomic E-state index is 0.867. The molecule has 20 heavy (non-hydrogen) atoms. The van der Waals surface area contributed by atoms with E-state index >= 15 is 0 Å². The smallest absolute Gasteiger partial charge is 0.122 e. The number of fused-ring (bicyclic) bond motifs is 1. The summed E-state index contributed by atoms with van der Waals surface area (Å²) in [6, 6.07) is 6.81. The summed E-state index contributed by atoms with van der Waals surface area (Å²) >= 11 is 0. The molecule has 0 aromatic heterocycles. The number of aryl methyl sites for hydroxylation is 1. The van der Waals surface area contributed by atoms with Crippen LogP contribution in [0.4, 0.5) is 0 Å². The molecular weight excluding hydrogens is 246 g/mol. The summed E-state index contributed by atoms with van der Waals surface area (Å²) in [6.07, 6.45) is 9.39. The largest absolute Gasteiger partial charge is 0.493 e. The van der Waals surface area contributed by atoms with Gasteiger partial charge in [-0.25, -0.2) is 0 Å². The van der Waals surface area contributed by atoms with Crippen LogP contribution in [-0.2, 0) is 12.8 Å². The zero-order valence-electron chi connectivity index (χ0n) is 12.7. The van der Waals surface area contributed by atoms with Crippen molar-refractivity contribution in [3.8, 4) is 5.75 Å². The van der Waals surface area contributed by atoms with Crippen LogP contribution in [0.2, 0.25) is 0 Å². The van der Waals surface area contributed by atoms with E-state index in [0.29, 0.717) is 0 Å². The molecule has 1 fully saturated rings. The van der Waals surface area contributed by atoms with E-state index in [1.807, 2.05) is 0 Å². The third-order valence-corrected chi connectivity index (χ3v) is 5.09. The minimum Gasteiger partial charge on any atom is -0.493 e. The van der Waals surface area contributed by atoms with Crippen molar-refractivity contribution in [2.24, 2.45) is 11.8 Å². The lowest BCUT2D eigenvalue weighted by Gasteiger charge is -2.31. The molecule has 110 valence electrons. The Labute approximate surface area is 122 Å². The van der Waals surface area contributed by atoms with Gasteiger partial charge in [-0.3, -0.25) is 0 Å². The standard InChI is InChI=1S/C18H27NO/c1-19-13-17-5-3-2-4-15(17)8-6-14-7-9-18-16(12-14)10-11-20-18/h7,9,12,15,17,19H,2-6,8,10-11,13H2,1H3. The molecule has 1 aliphatic carbocycles. The molecule has 3 rings (SSSR count). The zero-order chi connectivity index (χ0) is 13.8. The molecule has 0 bridgehead atoms. The van der Waals surface area contributed by atoms with Crippen molar-refractivity contribution in [2.45, 2.75) is 44.9 Å². The van der Waals surface area contributed by atoms with Crippen molar-refractivity contribution in [1.82, 2.24) is 5.32 Å². The molecule has 1 N–H and O–H groups in total. The Balaban J connectivity index is 1.57. The summed E-state index contributed by atoms with van der Waals surface area (Å²) < 4.78 is 5.59. The highest BCUT2D eigenvalue weighted by Gasteiger charge is 2.24. The van der Waals surface area contributed by atoms with Crippen LogP contribution in [-0.4, -0.2) is 20.2 Å². The monoisotopic (exact) mass is 273 g/mol. The number of hydrogen-bond donors (Lipinski definition) is 1. The van der Waals surface area contributed by atoms with Crippen molar-refractivity contribution in [3.05, 3.63) is 29.3 Å². The van der Waals surface area contributed by atoms with Crippen LogP contribution in [0.25, 0.3) is 0 Å². The summed E-state index contributed by atoms with van der Waals surface area (Å²) in [7, 11) is 2.09. The molecule has 0 amide bonds. The van der Waals surface area contributed by atoms with Gasteiger partial charge in [0.05, 0.1) is 6.61 Å². The van der Waals surface area contributed by atoms with Gasteiger partial charge in [0.25, 0.3) is 0 Å². The third kappa shape index (κ3) is 3.17. The van der Waals surface area contributed by atoms with Gasteiger partial charge in [0.2, 0.25) is 0 Å². The Bertz CT molecular complexity index is 441. The first-order valence-electron chi connectivity index (χ1n) is 8.26. The van der Waals surface area contributed by atoms with Gasteiger partial charge in [-0.05, 0) is 61.9 Å². The number of benzene rings is 1. The molecule has 1 aliphatic heterocycles. The molecule has 1 aromatic rings. The SMILES string of the molecule is CNCC1CCCCC1CCc1ccc2c(c1)CCO2. The van der Waals surface area contributed by atoms with Gasteiger partial charge in [-0.1, -0.05) is 31.4 Å². The topological polar surface area (TPSA) is 21.3 Å². The predicted molar refractivity (Wildman–Crippen MR) is 83.3 cm³/mol. The molecule has 2 unspecified atom stereocenters. The average Bonchev–Trinajstić information content (AvgIpc) is 2.94. The maximum Gasteiger partial charge on any atom is 0.122 e. The zero-order valence-corrected chi connectivity index (χ0v) is 12.7. The van der Waals surface area contributed by atoms with Crippen molar-refractivity contribution in [2.75, 3.05) is 20.2 Å². The second-order valence-corrected chi connectivity index (χ2v) is 6.44. The quantitative estimate of drug-likeness (QED) is 0.885. The van der Waals surface area contributed by atoms with Crippen molar-refractivity contribution in [3.63, 3.8) is 0 Å². The van der Waals surface area contributed by atoms with Crippen LogP contribution in [0.3, 0.4) is 0 Å². The van der Waals surface area contributed by atoms with Gasteiger partial charge in [0.15, 0.2) is 0 Å². The number of rotatable bonds is 5. The van der Waals surface area contributed by atoms with Gasteiger partial charge in [0, 0.05) is 6.42 Å². The maximum absolute atomic E-state index is 5.59. The van der Waals surface area contributed by atoms with E-state index in [0.717, 1.165) is 30.6 Å². The molecule has 2 aliphatic rings. The predicted octanol–water partition coefficient (Wildman–Crippen LogP) is 3.58. The van der Waals surface area contributed by atoms with Crippen molar-refractivity contribution >= 4 is 0 Å². The number of ether oxygens (including phenoxy) is 1. The lowest BCUT2D eigenvalue weighted by molar-refractivity contribution is 0.221. The molecule has 0 radical (unpaired) electrons. The van der Waals surface area contributed by atoms with Crippen molar-refractivity contribution in [1.29, 1.82) is 0 Å². The lowest BCUT2D eigenvalue weighted by atomic mass is 9.76. The lowest BCUT2D eigenvalue weighted by Crippen LogP contribution is -2.29. The summed E-state index contributed by atoms with van der Waals surface area (Å²) in [4.78, 5) is 0. The molecule has 0 saturated heterocycles. The van der Waals surface area contributed by atoms with E-state index in [1.165, 1.54) is 56.2 Å². The second kappa shape index (κ2) is 6.62. The first kappa shape index (κ1) is 13.9. The van der Waals surface area contributed by atoms with Gasteiger partial charge in [-0.15, -0.1) is 0 Å². The molecule has 1 saturated carbocycles. The Morgan fingerprint density at radius 2 is 2.05 bits per heavy atom. The number of nitrogens with one attached hydrogen (secondary N) is 1. The Kier molecular flexibility index (Phi) is 4.62. The minimum atomic E-state index is 0.867. The molecule has 1 heterocycles. The Hall–Kier alpha value is -1.02. The fraction of sp³-hybridized carbons (Fsp3) is 0.667. The molecule has 2 heteroatoms. The van der Waals surface area contributed by atoms with Gasteiger partial charge in [-0.2, -0.15) is 0 Å². The van der Waals surface area contributed by atoms with Crippen LogP contribution >= 0.6 is 0 Å². The summed E-state index contributed by atoms with van der Waals surface area (Å²) in [6.45, 7) is 2.06. The van der Waals surface area contributed by atoms with Crippen LogP contribution in [0.15, 0.2) is 18.2 Å². The van der Waals surface area contributed by atoms with E-state index < -0.39 is 0 Å². The molecular formula is C18H27NO. The molecule has 0 spiro atoms. The van der Waals surface area contributed by atoms with Crippen molar-refractivity contribution < 1.29 is 4.74 Å². The normalized spacial score (nSPS) is 25.2. The molecule has 2 atom stereocenters. The fourth-order valence-corrected chi connectivity index (χ4v) is 3.94. The molecule has 1 aromatic carbocycles. The Morgan fingerprint density at radius 3 is 2.90 bits per heavy atom. The van der Waals surface area contributed by atoms with E-state index in [2.05, 4.69) is 30.6 Å². The van der Waals surface area contributed by atoms with E-state index in [1.54, 1.807) is 0 Å². The number of hydrogen-bond acceptors (Lipinski definition) is 2. The van der Waals surface area contributed by atoms with Gasteiger partial charge >= 0.3 is 0 Å². The highest BCUT2D eigenvalue weighted by Crippen LogP contribution is 2.33. The van der Waals surface area contributed by atoms with Gasteiger partial charge in [0.1, 0.15) is 5.75 Å². The fourth-order valence-electron chi connectivity index (χ4n) is 3.94. The summed E-state index contributed by atoms with van der Waals surface area (Å²) in [5.41, 5.74) is 2.92. The van der Waals surface area contributed by atoms with Crippen LogP contribution in [0.1, 0.15) is 43.2 Å². The second-order valence-electron chi connectivity index (χ2n) is 6.44. The van der Waals surface area contributed by atoms with Gasteiger partial charge < -0.3 is 10.1 Å². The first-order valence-corrected chi connectivity index (χ1v) is 8.26. The first-order chi connectivity index (χ1) is 9.86. The highest BCUT2D eigenvalue weighted by atomic mass is 16.5.